The minimum Gasteiger partial charge on any atom is -0.291 e. The standard InChI is InChI=1S/C8H13NO2S/c1-3-5-9(2)8-4-6-12(10,11)7-8/h1,8H,4-7H2,2H3. The SMILES string of the molecule is C#CCN(C)C1CCS(=O)(=O)C1. The third-order valence-corrected chi connectivity index (χ3v) is 3.92. The Morgan fingerprint density at radius 2 is 2.33 bits per heavy atom. The second-order valence-corrected chi connectivity index (χ2v) is 5.40. The van der Waals surface area contributed by atoms with Crippen molar-refractivity contribution in [3.8, 4) is 12.3 Å². The summed E-state index contributed by atoms with van der Waals surface area (Å²) in [6.07, 6.45) is 5.85. The van der Waals surface area contributed by atoms with E-state index >= 15 is 0 Å². The van der Waals surface area contributed by atoms with Crippen LogP contribution in [0.15, 0.2) is 0 Å². The molecule has 0 aliphatic carbocycles. The van der Waals surface area contributed by atoms with Crippen LogP contribution in [0, 0.1) is 12.3 Å². The van der Waals surface area contributed by atoms with Gasteiger partial charge in [0.2, 0.25) is 0 Å². The Labute approximate surface area is 73.7 Å². The first-order valence-corrected chi connectivity index (χ1v) is 5.71. The summed E-state index contributed by atoms with van der Waals surface area (Å²) in [7, 11) is -0.903. The zero-order valence-corrected chi connectivity index (χ0v) is 7.97. The van der Waals surface area contributed by atoms with Gasteiger partial charge in [0.05, 0.1) is 18.1 Å². The topological polar surface area (TPSA) is 37.4 Å². The molecule has 0 aromatic heterocycles. The average molecular weight is 187 g/mol. The zero-order chi connectivity index (χ0) is 9.19. The molecule has 1 fully saturated rings. The van der Waals surface area contributed by atoms with E-state index in [1.165, 1.54) is 0 Å². The Balaban J connectivity index is 2.53. The van der Waals surface area contributed by atoms with Crippen LogP contribution in [0.4, 0.5) is 0 Å². The molecule has 4 heteroatoms. The molecule has 12 heavy (non-hydrogen) atoms. The van der Waals surface area contributed by atoms with Crippen molar-refractivity contribution >= 4 is 9.84 Å². The van der Waals surface area contributed by atoms with Crippen LogP contribution >= 0.6 is 0 Å². The summed E-state index contributed by atoms with van der Waals surface area (Å²) >= 11 is 0. The highest BCUT2D eigenvalue weighted by Gasteiger charge is 2.29. The van der Waals surface area contributed by atoms with Crippen molar-refractivity contribution in [2.75, 3.05) is 25.1 Å². The van der Waals surface area contributed by atoms with Crippen LogP contribution < -0.4 is 0 Å². The van der Waals surface area contributed by atoms with E-state index in [2.05, 4.69) is 5.92 Å². The number of hydrogen-bond donors (Lipinski definition) is 0. The Morgan fingerprint density at radius 1 is 1.67 bits per heavy atom. The van der Waals surface area contributed by atoms with E-state index < -0.39 is 9.84 Å². The highest BCUT2D eigenvalue weighted by Crippen LogP contribution is 2.15. The summed E-state index contributed by atoms with van der Waals surface area (Å²) < 4.78 is 22.1. The molecule has 0 N–H and O–H groups in total. The van der Waals surface area contributed by atoms with Gasteiger partial charge in [-0.25, -0.2) is 8.42 Å². The number of nitrogens with zero attached hydrogens (tertiary/aromatic N) is 1. The molecule has 1 saturated heterocycles. The van der Waals surface area contributed by atoms with Crippen molar-refractivity contribution in [2.45, 2.75) is 12.5 Å². The molecule has 1 aliphatic heterocycles. The molecule has 0 bridgehead atoms. The van der Waals surface area contributed by atoms with Crippen molar-refractivity contribution in [3.05, 3.63) is 0 Å². The monoisotopic (exact) mass is 187 g/mol. The number of sulfone groups is 1. The van der Waals surface area contributed by atoms with E-state index in [9.17, 15) is 8.42 Å². The van der Waals surface area contributed by atoms with Gasteiger partial charge in [0, 0.05) is 6.04 Å². The van der Waals surface area contributed by atoms with Crippen LogP contribution in [0.5, 0.6) is 0 Å². The van der Waals surface area contributed by atoms with Crippen LogP contribution in [-0.4, -0.2) is 44.5 Å². The lowest BCUT2D eigenvalue weighted by molar-refractivity contribution is 0.293. The highest BCUT2D eigenvalue weighted by molar-refractivity contribution is 7.91. The molecule has 3 nitrogen and oxygen atoms in total. The highest BCUT2D eigenvalue weighted by atomic mass is 32.2. The predicted octanol–water partition coefficient (Wildman–Crippen LogP) is -0.262. The molecule has 0 amide bonds. The number of hydrogen-bond acceptors (Lipinski definition) is 3. The van der Waals surface area contributed by atoms with Crippen LogP contribution in [0.1, 0.15) is 6.42 Å². The van der Waals surface area contributed by atoms with E-state index in [1.54, 1.807) is 0 Å². The lowest BCUT2D eigenvalue weighted by Crippen LogP contribution is -2.32. The minimum absolute atomic E-state index is 0.131. The molecule has 0 saturated carbocycles. The molecule has 1 heterocycles. The number of rotatable bonds is 2. The van der Waals surface area contributed by atoms with E-state index in [1.807, 2.05) is 11.9 Å². The van der Waals surface area contributed by atoms with Gasteiger partial charge < -0.3 is 0 Å². The van der Waals surface area contributed by atoms with E-state index in [0.717, 1.165) is 6.42 Å². The molecule has 1 aliphatic rings. The normalized spacial score (nSPS) is 27.2. The summed E-state index contributed by atoms with van der Waals surface area (Å²) in [6, 6.07) is 0.131. The fraction of sp³-hybridized carbons (Fsp3) is 0.750. The first kappa shape index (κ1) is 9.56. The summed E-state index contributed by atoms with van der Waals surface area (Å²) in [4.78, 5) is 1.92. The molecule has 1 rings (SSSR count). The van der Waals surface area contributed by atoms with E-state index in [-0.39, 0.29) is 11.8 Å². The van der Waals surface area contributed by atoms with Crippen molar-refractivity contribution in [1.29, 1.82) is 0 Å². The smallest absolute Gasteiger partial charge is 0.151 e. The second-order valence-electron chi connectivity index (χ2n) is 3.18. The molecule has 0 aromatic carbocycles. The molecule has 0 radical (unpaired) electrons. The van der Waals surface area contributed by atoms with Gasteiger partial charge in [-0.3, -0.25) is 4.90 Å². The molecule has 1 atom stereocenters. The summed E-state index contributed by atoms with van der Waals surface area (Å²) in [5.74, 6) is 3.08. The summed E-state index contributed by atoms with van der Waals surface area (Å²) in [6.45, 7) is 0.528. The summed E-state index contributed by atoms with van der Waals surface area (Å²) in [5, 5.41) is 0. The Morgan fingerprint density at radius 3 is 2.75 bits per heavy atom. The van der Waals surface area contributed by atoms with Gasteiger partial charge in [-0.15, -0.1) is 6.42 Å². The van der Waals surface area contributed by atoms with Crippen LogP contribution in [0.3, 0.4) is 0 Å². The minimum atomic E-state index is -2.77. The van der Waals surface area contributed by atoms with Gasteiger partial charge >= 0.3 is 0 Å². The maximum Gasteiger partial charge on any atom is 0.151 e. The molecular formula is C8H13NO2S. The van der Waals surface area contributed by atoms with Gasteiger partial charge in [0.1, 0.15) is 0 Å². The lowest BCUT2D eigenvalue weighted by Gasteiger charge is -2.19. The molecule has 0 spiro atoms. The van der Waals surface area contributed by atoms with Crippen molar-refractivity contribution < 1.29 is 8.42 Å². The largest absolute Gasteiger partial charge is 0.291 e. The maximum absolute atomic E-state index is 11.1. The second kappa shape index (κ2) is 3.46. The quantitative estimate of drug-likeness (QED) is 0.559. The number of terminal acetylenes is 1. The van der Waals surface area contributed by atoms with Gasteiger partial charge in [-0.1, -0.05) is 5.92 Å². The first-order valence-electron chi connectivity index (χ1n) is 3.89. The van der Waals surface area contributed by atoms with Crippen molar-refractivity contribution in [1.82, 2.24) is 4.90 Å². The Hall–Kier alpha value is -0.530. The molecule has 1 unspecified atom stereocenters. The van der Waals surface area contributed by atoms with Crippen molar-refractivity contribution in [3.63, 3.8) is 0 Å². The third kappa shape index (κ3) is 2.23. The van der Waals surface area contributed by atoms with Gasteiger partial charge in [-0.2, -0.15) is 0 Å². The fourth-order valence-corrected chi connectivity index (χ4v) is 3.20. The zero-order valence-electron chi connectivity index (χ0n) is 7.16. The predicted molar refractivity (Wildman–Crippen MR) is 48.5 cm³/mol. The van der Waals surface area contributed by atoms with E-state index in [0.29, 0.717) is 12.3 Å². The van der Waals surface area contributed by atoms with Crippen molar-refractivity contribution in [2.24, 2.45) is 0 Å². The first-order chi connectivity index (χ1) is 5.55. The van der Waals surface area contributed by atoms with E-state index in [4.69, 9.17) is 6.42 Å². The molecular weight excluding hydrogens is 174 g/mol. The van der Waals surface area contributed by atoms with Crippen LogP contribution in [0.25, 0.3) is 0 Å². The Kier molecular flexibility index (Phi) is 2.76. The Bertz CT molecular complexity index is 289. The third-order valence-electron chi connectivity index (χ3n) is 2.17. The average Bonchev–Trinajstić information content (AvgIpc) is 2.31. The molecule has 68 valence electrons. The lowest BCUT2D eigenvalue weighted by atomic mass is 10.2. The molecule has 0 aromatic rings. The van der Waals surface area contributed by atoms with Crippen LogP contribution in [0.2, 0.25) is 0 Å². The fourth-order valence-electron chi connectivity index (χ4n) is 1.40. The van der Waals surface area contributed by atoms with Gasteiger partial charge in [-0.05, 0) is 13.5 Å². The van der Waals surface area contributed by atoms with Gasteiger partial charge in [0.15, 0.2) is 9.84 Å². The van der Waals surface area contributed by atoms with Crippen LogP contribution in [-0.2, 0) is 9.84 Å². The summed E-state index contributed by atoms with van der Waals surface area (Å²) in [5.41, 5.74) is 0. The maximum atomic E-state index is 11.1. The van der Waals surface area contributed by atoms with Gasteiger partial charge in [0.25, 0.3) is 0 Å².